The molecule has 8 nitrogen and oxygen atoms in total. The van der Waals surface area contributed by atoms with E-state index < -0.39 is 11.8 Å². The number of hydrazone groups is 1. The van der Waals surface area contributed by atoms with E-state index in [4.69, 9.17) is 9.47 Å². The number of ether oxygens (including phenoxy) is 2. The zero-order chi connectivity index (χ0) is 20.6. The van der Waals surface area contributed by atoms with E-state index in [0.29, 0.717) is 37.5 Å². The lowest BCUT2D eigenvalue weighted by molar-refractivity contribution is -0.146. The SMILES string of the molecule is COc1ccccc1/C=N\NC(=O)C(=O)N1CCN(c2ccccc2OC)CC1. The Morgan fingerprint density at radius 2 is 1.55 bits per heavy atom. The monoisotopic (exact) mass is 396 g/mol. The van der Waals surface area contributed by atoms with Gasteiger partial charge in [-0.3, -0.25) is 9.59 Å². The standard InChI is InChI=1S/C21H24N4O4/c1-28-18-9-5-3-7-16(18)15-22-23-20(26)21(27)25-13-11-24(12-14-25)17-8-4-6-10-19(17)29-2/h3-10,15H,11-14H2,1-2H3,(H,23,26)/b22-15-. The van der Waals surface area contributed by atoms with Crippen LogP contribution in [0.5, 0.6) is 11.5 Å². The number of carbonyl (C=O) groups excluding carboxylic acids is 2. The van der Waals surface area contributed by atoms with Crippen molar-refractivity contribution >= 4 is 23.7 Å². The maximum atomic E-state index is 12.4. The third-order valence-corrected chi connectivity index (χ3v) is 4.70. The molecule has 0 aromatic heterocycles. The van der Waals surface area contributed by atoms with E-state index in [1.807, 2.05) is 36.4 Å². The average molecular weight is 396 g/mol. The van der Waals surface area contributed by atoms with Crippen LogP contribution < -0.4 is 19.8 Å². The summed E-state index contributed by atoms with van der Waals surface area (Å²) in [4.78, 5) is 28.2. The number of para-hydroxylation sites is 3. The van der Waals surface area contributed by atoms with Crippen LogP contribution in [0.25, 0.3) is 0 Å². The molecule has 1 saturated heterocycles. The lowest BCUT2D eigenvalue weighted by Crippen LogP contribution is -2.52. The van der Waals surface area contributed by atoms with E-state index >= 15 is 0 Å². The molecule has 1 fully saturated rings. The molecule has 8 heteroatoms. The van der Waals surface area contributed by atoms with Gasteiger partial charge in [-0.25, -0.2) is 5.43 Å². The number of rotatable bonds is 5. The molecule has 0 radical (unpaired) electrons. The van der Waals surface area contributed by atoms with Crippen molar-refractivity contribution < 1.29 is 19.1 Å². The Balaban J connectivity index is 1.53. The second-order valence-electron chi connectivity index (χ2n) is 6.39. The normalized spacial score (nSPS) is 14.0. The molecule has 2 aromatic carbocycles. The topological polar surface area (TPSA) is 83.5 Å². The highest BCUT2D eigenvalue weighted by Gasteiger charge is 2.26. The Labute approximate surface area is 169 Å². The van der Waals surface area contributed by atoms with Crippen molar-refractivity contribution in [3.63, 3.8) is 0 Å². The van der Waals surface area contributed by atoms with Crippen molar-refractivity contribution in [1.82, 2.24) is 10.3 Å². The second-order valence-corrected chi connectivity index (χ2v) is 6.39. The molecule has 0 aliphatic carbocycles. The molecule has 0 atom stereocenters. The van der Waals surface area contributed by atoms with Crippen LogP contribution in [-0.4, -0.2) is 63.3 Å². The summed E-state index contributed by atoms with van der Waals surface area (Å²) in [6.45, 7) is 2.12. The van der Waals surface area contributed by atoms with Gasteiger partial charge in [-0.05, 0) is 24.3 Å². The van der Waals surface area contributed by atoms with Gasteiger partial charge in [0.1, 0.15) is 11.5 Å². The van der Waals surface area contributed by atoms with Gasteiger partial charge in [-0.2, -0.15) is 5.10 Å². The number of nitrogens with one attached hydrogen (secondary N) is 1. The van der Waals surface area contributed by atoms with Crippen LogP contribution in [0.1, 0.15) is 5.56 Å². The second kappa shape index (κ2) is 9.59. The van der Waals surface area contributed by atoms with Crippen LogP contribution in [0, 0.1) is 0 Å². The number of hydrogen-bond donors (Lipinski definition) is 1. The Kier molecular flexibility index (Phi) is 6.67. The summed E-state index contributed by atoms with van der Waals surface area (Å²) in [5, 5.41) is 3.87. The van der Waals surface area contributed by atoms with Gasteiger partial charge < -0.3 is 19.3 Å². The number of carbonyl (C=O) groups is 2. The Bertz CT molecular complexity index is 892. The summed E-state index contributed by atoms with van der Waals surface area (Å²) in [7, 11) is 3.19. The van der Waals surface area contributed by atoms with Gasteiger partial charge >= 0.3 is 11.8 Å². The largest absolute Gasteiger partial charge is 0.496 e. The third kappa shape index (κ3) is 4.84. The van der Waals surface area contributed by atoms with Gasteiger partial charge in [-0.15, -0.1) is 0 Å². The van der Waals surface area contributed by atoms with Crippen molar-refractivity contribution in [3.8, 4) is 11.5 Å². The predicted molar refractivity (Wildman–Crippen MR) is 111 cm³/mol. The number of benzene rings is 2. The number of methoxy groups -OCH3 is 2. The van der Waals surface area contributed by atoms with Gasteiger partial charge in [0.05, 0.1) is 26.1 Å². The average Bonchev–Trinajstić information content (AvgIpc) is 2.78. The molecule has 2 aromatic rings. The van der Waals surface area contributed by atoms with Crippen LogP contribution >= 0.6 is 0 Å². The first kappa shape index (κ1) is 20.2. The number of hydrogen-bond acceptors (Lipinski definition) is 6. The molecule has 1 aliphatic heterocycles. The fourth-order valence-corrected chi connectivity index (χ4v) is 3.17. The van der Waals surface area contributed by atoms with Crippen LogP contribution in [0.2, 0.25) is 0 Å². The molecule has 1 N–H and O–H groups in total. The number of anilines is 1. The minimum atomic E-state index is -0.762. The first-order chi connectivity index (χ1) is 14.1. The highest BCUT2D eigenvalue weighted by atomic mass is 16.5. The van der Waals surface area contributed by atoms with Gasteiger partial charge in [-0.1, -0.05) is 24.3 Å². The van der Waals surface area contributed by atoms with Crippen LogP contribution in [0.3, 0.4) is 0 Å². The first-order valence-corrected chi connectivity index (χ1v) is 9.27. The molecule has 29 heavy (non-hydrogen) atoms. The maximum Gasteiger partial charge on any atom is 0.329 e. The Morgan fingerprint density at radius 1 is 0.931 bits per heavy atom. The van der Waals surface area contributed by atoms with Gasteiger partial charge in [0.15, 0.2) is 0 Å². The van der Waals surface area contributed by atoms with E-state index in [2.05, 4.69) is 15.4 Å². The molecule has 1 aliphatic rings. The highest BCUT2D eigenvalue weighted by molar-refractivity contribution is 6.35. The number of amides is 2. The zero-order valence-corrected chi connectivity index (χ0v) is 16.5. The summed E-state index contributed by atoms with van der Waals surface area (Å²) in [6.07, 6.45) is 1.45. The van der Waals surface area contributed by atoms with E-state index in [0.717, 1.165) is 11.4 Å². The van der Waals surface area contributed by atoms with Crippen LogP contribution in [0.15, 0.2) is 53.6 Å². The van der Waals surface area contributed by atoms with Crippen molar-refractivity contribution in [2.45, 2.75) is 0 Å². The summed E-state index contributed by atoms with van der Waals surface area (Å²) >= 11 is 0. The maximum absolute atomic E-state index is 12.4. The Hall–Kier alpha value is -3.55. The quantitative estimate of drug-likeness (QED) is 0.471. The number of piperazine rings is 1. The molecule has 3 rings (SSSR count). The molecule has 0 saturated carbocycles. The Morgan fingerprint density at radius 3 is 2.24 bits per heavy atom. The van der Waals surface area contributed by atoms with E-state index in [1.54, 1.807) is 26.4 Å². The van der Waals surface area contributed by atoms with Crippen molar-refractivity contribution in [3.05, 3.63) is 54.1 Å². The molecular formula is C21H24N4O4. The molecule has 152 valence electrons. The lowest BCUT2D eigenvalue weighted by atomic mass is 10.2. The van der Waals surface area contributed by atoms with Gasteiger partial charge in [0, 0.05) is 31.7 Å². The molecule has 1 heterocycles. The molecular weight excluding hydrogens is 372 g/mol. The predicted octanol–water partition coefficient (Wildman–Crippen LogP) is 1.50. The smallest absolute Gasteiger partial charge is 0.329 e. The van der Waals surface area contributed by atoms with Crippen molar-refractivity contribution in [2.75, 3.05) is 45.3 Å². The van der Waals surface area contributed by atoms with Crippen molar-refractivity contribution in [2.24, 2.45) is 5.10 Å². The van der Waals surface area contributed by atoms with E-state index in [-0.39, 0.29) is 0 Å². The van der Waals surface area contributed by atoms with Gasteiger partial charge in [0.25, 0.3) is 0 Å². The summed E-state index contributed by atoms with van der Waals surface area (Å²) < 4.78 is 10.6. The molecule has 0 bridgehead atoms. The summed E-state index contributed by atoms with van der Waals surface area (Å²) in [6, 6.07) is 15.0. The minimum absolute atomic E-state index is 0.445. The van der Waals surface area contributed by atoms with Gasteiger partial charge in [0.2, 0.25) is 0 Å². The fraction of sp³-hybridized carbons (Fsp3) is 0.286. The van der Waals surface area contributed by atoms with Crippen molar-refractivity contribution in [1.29, 1.82) is 0 Å². The van der Waals surface area contributed by atoms with E-state index in [9.17, 15) is 9.59 Å². The summed E-state index contributed by atoms with van der Waals surface area (Å²) in [5.74, 6) is 0.0590. The van der Waals surface area contributed by atoms with Crippen LogP contribution in [-0.2, 0) is 9.59 Å². The van der Waals surface area contributed by atoms with E-state index in [1.165, 1.54) is 11.1 Å². The summed E-state index contributed by atoms with van der Waals surface area (Å²) in [5.41, 5.74) is 3.97. The molecule has 0 unspecified atom stereocenters. The number of nitrogens with zero attached hydrogens (tertiary/aromatic N) is 3. The first-order valence-electron chi connectivity index (χ1n) is 9.27. The lowest BCUT2D eigenvalue weighted by Gasteiger charge is -2.36. The molecule has 2 amide bonds. The third-order valence-electron chi connectivity index (χ3n) is 4.70. The van der Waals surface area contributed by atoms with Crippen LogP contribution in [0.4, 0.5) is 5.69 Å². The fourth-order valence-electron chi connectivity index (χ4n) is 3.17. The molecule has 0 spiro atoms. The minimum Gasteiger partial charge on any atom is -0.496 e. The zero-order valence-electron chi connectivity index (χ0n) is 16.5. The highest BCUT2D eigenvalue weighted by Crippen LogP contribution is 2.28.